The third-order valence-electron chi connectivity index (χ3n) is 5.02. The SMILES string of the molecule is Cc1sc2nc(CCN)nc(NCC3CCCN(CCO)C3)c2c1C. The smallest absolute Gasteiger partial charge is 0.138 e. The van der Waals surface area contributed by atoms with E-state index in [9.17, 15) is 0 Å². The summed E-state index contributed by atoms with van der Waals surface area (Å²) in [5, 5.41) is 13.9. The van der Waals surface area contributed by atoms with E-state index in [2.05, 4.69) is 29.0 Å². The molecule has 1 saturated heterocycles. The number of aliphatic hydroxyl groups is 1. The van der Waals surface area contributed by atoms with E-state index in [0.29, 0.717) is 18.9 Å². The van der Waals surface area contributed by atoms with E-state index in [1.807, 2.05) is 0 Å². The highest BCUT2D eigenvalue weighted by atomic mass is 32.1. The lowest BCUT2D eigenvalue weighted by atomic mass is 9.98. The average Bonchev–Trinajstić information content (AvgIpc) is 2.88. The van der Waals surface area contributed by atoms with E-state index in [-0.39, 0.29) is 6.61 Å². The molecule has 2 aromatic rings. The highest BCUT2D eigenvalue weighted by Crippen LogP contribution is 2.33. The molecule has 0 amide bonds. The lowest BCUT2D eigenvalue weighted by molar-refractivity contribution is 0.144. The average molecular weight is 364 g/mol. The number of hydrogen-bond donors (Lipinski definition) is 3. The second-order valence-corrected chi connectivity index (χ2v) is 8.11. The van der Waals surface area contributed by atoms with Crippen LogP contribution in [0.25, 0.3) is 10.2 Å². The van der Waals surface area contributed by atoms with Gasteiger partial charge in [0.05, 0.1) is 12.0 Å². The summed E-state index contributed by atoms with van der Waals surface area (Å²) in [4.78, 5) is 14.2. The van der Waals surface area contributed by atoms with E-state index in [1.54, 1.807) is 11.3 Å². The van der Waals surface area contributed by atoms with Crippen molar-refractivity contribution < 1.29 is 5.11 Å². The monoisotopic (exact) mass is 363 g/mol. The summed E-state index contributed by atoms with van der Waals surface area (Å²) in [6.45, 7) is 8.91. The normalized spacial score (nSPS) is 18.8. The molecule has 138 valence electrons. The molecule has 0 aromatic carbocycles. The Morgan fingerprint density at radius 1 is 1.36 bits per heavy atom. The molecule has 3 heterocycles. The Morgan fingerprint density at radius 2 is 2.20 bits per heavy atom. The molecule has 1 unspecified atom stereocenters. The Balaban J connectivity index is 1.77. The van der Waals surface area contributed by atoms with Crippen molar-refractivity contribution in [1.29, 1.82) is 0 Å². The topological polar surface area (TPSA) is 87.3 Å². The van der Waals surface area contributed by atoms with Crippen LogP contribution in [0.3, 0.4) is 0 Å². The minimum Gasteiger partial charge on any atom is -0.395 e. The van der Waals surface area contributed by atoms with E-state index >= 15 is 0 Å². The minimum atomic E-state index is 0.239. The number of hydrogen-bond acceptors (Lipinski definition) is 7. The summed E-state index contributed by atoms with van der Waals surface area (Å²) in [6.07, 6.45) is 3.12. The minimum absolute atomic E-state index is 0.239. The van der Waals surface area contributed by atoms with Crippen molar-refractivity contribution in [3.05, 3.63) is 16.3 Å². The quantitative estimate of drug-likeness (QED) is 0.697. The molecule has 0 spiro atoms. The van der Waals surface area contributed by atoms with Crippen molar-refractivity contribution in [3.63, 3.8) is 0 Å². The zero-order chi connectivity index (χ0) is 17.8. The lowest BCUT2D eigenvalue weighted by Crippen LogP contribution is -2.39. The Labute approximate surface area is 153 Å². The highest BCUT2D eigenvalue weighted by Gasteiger charge is 2.20. The van der Waals surface area contributed by atoms with Gasteiger partial charge in [0.2, 0.25) is 0 Å². The number of rotatable bonds is 7. The van der Waals surface area contributed by atoms with E-state index < -0.39 is 0 Å². The van der Waals surface area contributed by atoms with Crippen LogP contribution < -0.4 is 11.1 Å². The van der Waals surface area contributed by atoms with Crippen LogP contribution in [0.5, 0.6) is 0 Å². The predicted octanol–water partition coefficient (Wildman–Crippen LogP) is 1.93. The number of aliphatic hydroxyl groups excluding tert-OH is 1. The van der Waals surface area contributed by atoms with Crippen LogP contribution in [0.2, 0.25) is 0 Å². The Bertz CT molecular complexity index is 715. The van der Waals surface area contributed by atoms with Gasteiger partial charge in [0.25, 0.3) is 0 Å². The zero-order valence-electron chi connectivity index (χ0n) is 15.2. The van der Waals surface area contributed by atoms with Gasteiger partial charge in [-0.3, -0.25) is 0 Å². The van der Waals surface area contributed by atoms with Crippen molar-refractivity contribution in [3.8, 4) is 0 Å². The first-order chi connectivity index (χ1) is 12.1. The maximum atomic E-state index is 9.16. The van der Waals surface area contributed by atoms with Crippen LogP contribution in [-0.2, 0) is 6.42 Å². The van der Waals surface area contributed by atoms with E-state index in [1.165, 1.54) is 23.3 Å². The molecule has 4 N–H and O–H groups in total. The third kappa shape index (κ3) is 4.28. The number of nitrogens with zero attached hydrogens (tertiary/aromatic N) is 3. The van der Waals surface area contributed by atoms with Crippen LogP contribution in [0.1, 0.15) is 29.1 Å². The van der Waals surface area contributed by atoms with Gasteiger partial charge in [0.1, 0.15) is 16.5 Å². The summed E-state index contributed by atoms with van der Waals surface area (Å²) < 4.78 is 0. The van der Waals surface area contributed by atoms with Gasteiger partial charge in [-0.05, 0) is 51.3 Å². The lowest BCUT2D eigenvalue weighted by Gasteiger charge is -2.32. The number of fused-ring (bicyclic) bond motifs is 1. The Hall–Kier alpha value is -1.28. The van der Waals surface area contributed by atoms with Crippen LogP contribution >= 0.6 is 11.3 Å². The molecule has 0 saturated carbocycles. The van der Waals surface area contributed by atoms with Gasteiger partial charge >= 0.3 is 0 Å². The predicted molar refractivity (Wildman–Crippen MR) is 104 cm³/mol. The second-order valence-electron chi connectivity index (χ2n) is 6.90. The van der Waals surface area contributed by atoms with Crippen molar-refractivity contribution in [2.45, 2.75) is 33.1 Å². The van der Waals surface area contributed by atoms with Crippen LogP contribution in [0.15, 0.2) is 0 Å². The van der Waals surface area contributed by atoms with E-state index in [0.717, 1.165) is 48.0 Å². The number of likely N-dealkylation sites (tertiary alicyclic amines) is 1. The molecule has 3 rings (SSSR count). The Morgan fingerprint density at radius 3 is 2.96 bits per heavy atom. The summed E-state index contributed by atoms with van der Waals surface area (Å²) >= 11 is 1.73. The summed E-state index contributed by atoms with van der Waals surface area (Å²) in [6, 6.07) is 0. The van der Waals surface area contributed by atoms with Crippen LogP contribution in [0, 0.1) is 19.8 Å². The van der Waals surface area contributed by atoms with Crippen molar-refractivity contribution in [2.75, 3.05) is 44.6 Å². The molecule has 0 aliphatic carbocycles. The molecule has 6 nitrogen and oxygen atoms in total. The Kier molecular flexibility index (Phi) is 6.22. The molecule has 1 atom stereocenters. The number of aryl methyl sites for hydroxylation is 2. The number of nitrogens with two attached hydrogens (primary N) is 1. The molecule has 2 aromatic heterocycles. The zero-order valence-corrected chi connectivity index (χ0v) is 16.0. The summed E-state index contributed by atoms with van der Waals surface area (Å²) in [5.74, 6) is 2.36. The number of piperidine rings is 1. The standard InChI is InChI=1S/C18H29N5OS/c1-12-13(2)25-18-16(12)17(21-15(22-18)5-6-19)20-10-14-4-3-7-23(11-14)8-9-24/h14,24H,3-11,19H2,1-2H3,(H,20,21,22). The van der Waals surface area contributed by atoms with Gasteiger partial charge in [-0.1, -0.05) is 0 Å². The number of nitrogens with one attached hydrogen (secondary N) is 1. The fourth-order valence-electron chi connectivity index (χ4n) is 3.57. The molecule has 25 heavy (non-hydrogen) atoms. The van der Waals surface area contributed by atoms with Gasteiger partial charge in [0, 0.05) is 30.9 Å². The second kappa shape index (κ2) is 8.40. The highest BCUT2D eigenvalue weighted by molar-refractivity contribution is 7.18. The van der Waals surface area contributed by atoms with Crippen molar-refractivity contribution in [1.82, 2.24) is 14.9 Å². The molecule has 0 bridgehead atoms. The largest absolute Gasteiger partial charge is 0.395 e. The first-order valence-electron chi connectivity index (χ1n) is 9.16. The van der Waals surface area contributed by atoms with Gasteiger partial charge in [-0.15, -0.1) is 11.3 Å². The van der Waals surface area contributed by atoms with Crippen LogP contribution in [-0.4, -0.2) is 59.3 Å². The molecular weight excluding hydrogens is 334 g/mol. The molecule has 7 heteroatoms. The third-order valence-corrected chi connectivity index (χ3v) is 6.12. The van der Waals surface area contributed by atoms with Gasteiger partial charge in [-0.2, -0.15) is 0 Å². The van der Waals surface area contributed by atoms with E-state index in [4.69, 9.17) is 15.8 Å². The van der Waals surface area contributed by atoms with Gasteiger partial charge < -0.3 is 21.1 Å². The van der Waals surface area contributed by atoms with Crippen molar-refractivity contribution in [2.24, 2.45) is 11.7 Å². The van der Waals surface area contributed by atoms with Crippen molar-refractivity contribution >= 4 is 27.4 Å². The fraction of sp³-hybridized carbons (Fsp3) is 0.667. The molecular formula is C18H29N5OS. The number of β-amino-alcohol motifs (C(OH)–C–C–N with tert-alkyl or cyclic N) is 1. The molecule has 1 aliphatic rings. The molecule has 1 aliphatic heterocycles. The maximum Gasteiger partial charge on any atom is 0.138 e. The number of aromatic nitrogens is 2. The maximum absolute atomic E-state index is 9.16. The first-order valence-corrected chi connectivity index (χ1v) is 9.97. The molecule has 0 radical (unpaired) electrons. The summed E-state index contributed by atoms with van der Waals surface area (Å²) in [5.41, 5.74) is 6.97. The number of anilines is 1. The summed E-state index contributed by atoms with van der Waals surface area (Å²) in [7, 11) is 0. The van der Waals surface area contributed by atoms with Gasteiger partial charge in [-0.25, -0.2) is 9.97 Å². The number of thiophene rings is 1. The van der Waals surface area contributed by atoms with Gasteiger partial charge in [0.15, 0.2) is 0 Å². The fourth-order valence-corrected chi connectivity index (χ4v) is 4.61. The van der Waals surface area contributed by atoms with Crippen LogP contribution in [0.4, 0.5) is 5.82 Å². The molecule has 1 fully saturated rings. The first kappa shape index (κ1) is 18.5.